The van der Waals surface area contributed by atoms with E-state index in [0.29, 0.717) is 5.92 Å². The van der Waals surface area contributed by atoms with E-state index in [0.717, 1.165) is 24.8 Å². The summed E-state index contributed by atoms with van der Waals surface area (Å²) in [4.78, 5) is 21.8. The van der Waals surface area contributed by atoms with Crippen molar-refractivity contribution in [2.75, 3.05) is 0 Å². The molecule has 1 aromatic rings. The first kappa shape index (κ1) is 15.3. The van der Waals surface area contributed by atoms with Crippen LogP contribution in [-0.2, 0) is 11.3 Å². The highest BCUT2D eigenvalue weighted by molar-refractivity contribution is 5.67. The number of ether oxygens (including phenoxy) is 1. The average molecular weight is 292 g/mol. The van der Waals surface area contributed by atoms with E-state index in [1.54, 1.807) is 12.1 Å². The first-order chi connectivity index (χ1) is 10.0. The van der Waals surface area contributed by atoms with Gasteiger partial charge in [0.25, 0.3) is 5.69 Å². The van der Waals surface area contributed by atoms with Crippen molar-refractivity contribution in [2.24, 2.45) is 5.92 Å². The standard InChI is InChI=1S/C15H20N2O4/c1-11-3-2-4-13(9-11)16-15(18)21-10-12-5-7-14(8-6-12)17(19)20/h5-8,11,13H,2-4,9-10H2,1H3,(H,16,18)/t11-,13-/m1/s1. The summed E-state index contributed by atoms with van der Waals surface area (Å²) in [6, 6.07) is 6.18. The molecule has 6 nitrogen and oxygen atoms in total. The maximum absolute atomic E-state index is 11.7. The molecule has 0 heterocycles. The van der Waals surface area contributed by atoms with Gasteiger partial charge >= 0.3 is 6.09 Å². The number of benzene rings is 1. The molecule has 0 bridgehead atoms. The van der Waals surface area contributed by atoms with Crippen LogP contribution in [0.3, 0.4) is 0 Å². The number of carbonyl (C=O) groups excluding carboxylic acids is 1. The Bertz CT molecular complexity index is 501. The van der Waals surface area contributed by atoms with Gasteiger partial charge in [0.1, 0.15) is 6.61 Å². The molecule has 1 aromatic carbocycles. The van der Waals surface area contributed by atoms with Gasteiger partial charge in [-0.15, -0.1) is 0 Å². The normalized spacial score (nSPS) is 21.6. The molecule has 0 saturated heterocycles. The molecule has 0 unspecified atom stereocenters. The quantitative estimate of drug-likeness (QED) is 0.681. The third kappa shape index (κ3) is 4.73. The molecule has 114 valence electrons. The molecule has 2 rings (SSSR count). The second kappa shape index (κ2) is 7.06. The Balaban J connectivity index is 1.76. The van der Waals surface area contributed by atoms with Gasteiger partial charge in [0.15, 0.2) is 0 Å². The van der Waals surface area contributed by atoms with Crippen LogP contribution in [0.15, 0.2) is 24.3 Å². The number of rotatable bonds is 4. The van der Waals surface area contributed by atoms with E-state index in [4.69, 9.17) is 4.74 Å². The molecule has 1 fully saturated rings. The number of alkyl carbamates (subject to hydrolysis) is 1. The summed E-state index contributed by atoms with van der Waals surface area (Å²) in [5, 5.41) is 13.4. The number of nitro groups is 1. The first-order valence-corrected chi connectivity index (χ1v) is 7.21. The predicted octanol–water partition coefficient (Wildman–Crippen LogP) is 3.40. The number of hydrogen-bond donors (Lipinski definition) is 1. The van der Waals surface area contributed by atoms with Gasteiger partial charge in [-0.3, -0.25) is 10.1 Å². The number of nitrogens with zero attached hydrogens (tertiary/aromatic N) is 1. The van der Waals surface area contributed by atoms with Crippen molar-refractivity contribution in [1.29, 1.82) is 0 Å². The van der Waals surface area contributed by atoms with Crippen molar-refractivity contribution in [3.8, 4) is 0 Å². The van der Waals surface area contributed by atoms with E-state index in [1.807, 2.05) is 0 Å². The summed E-state index contributed by atoms with van der Waals surface area (Å²) < 4.78 is 5.15. The molecule has 21 heavy (non-hydrogen) atoms. The Morgan fingerprint density at radius 3 is 2.71 bits per heavy atom. The zero-order chi connectivity index (χ0) is 15.2. The molecule has 0 radical (unpaired) electrons. The SMILES string of the molecule is C[C@@H]1CCC[C@@H](NC(=O)OCc2ccc([N+](=O)[O-])cc2)C1. The van der Waals surface area contributed by atoms with Crippen LogP contribution in [0, 0.1) is 16.0 Å². The second-order valence-electron chi connectivity index (χ2n) is 5.61. The Kier molecular flexibility index (Phi) is 5.14. The van der Waals surface area contributed by atoms with Crippen molar-refractivity contribution in [2.45, 2.75) is 45.3 Å². The summed E-state index contributed by atoms with van der Waals surface area (Å²) >= 11 is 0. The van der Waals surface area contributed by atoms with Gasteiger partial charge in [-0.05, 0) is 36.5 Å². The molecule has 0 aromatic heterocycles. The second-order valence-corrected chi connectivity index (χ2v) is 5.61. The highest BCUT2D eigenvalue weighted by Crippen LogP contribution is 2.23. The maximum Gasteiger partial charge on any atom is 0.407 e. The molecule has 1 aliphatic carbocycles. The molecular weight excluding hydrogens is 272 g/mol. The molecule has 1 amide bonds. The van der Waals surface area contributed by atoms with Crippen molar-refractivity contribution in [3.05, 3.63) is 39.9 Å². The fraction of sp³-hybridized carbons (Fsp3) is 0.533. The van der Waals surface area contributed by atoms with Gasteiger partial charge in [0.2, 0.25) is 0 Å². The topological polar surface area (TPSA) is 81.5 Å². The monoisotopic (exact) mass is 292 g/mol. The first-order valence-electron chi connectivity index (χ1n) is 7.21. The van der Waals surface area contributed by atoms with E-state index in [-0.39, 0.29) is 18.3 Å². The number of carbonyl (C=O) groups is 1. The molecular formula is C15H20N2O4. The van der Waals surface area contributed by atoms with Crippen molar-refractivity contribution >= 4 is 11.8 Å². The van der Waals surface area contributed by atoms with E-state index < -0.39 is 11.0 Å². The fourth-order valence-corrected chi connectivity index (χ4v) is 2.64. The van der Waals surface area contributed by atoms with Crippen molar-refractivity contribution < 1.29 is 14.5 Å². The molecule has 0 spiro atoms. The van der Waals surface area contributed by atoms with Crippen LogP contribution < -0.4 is 5.32 Å². The highest BCUT2D eigenvalue weighted by atomic mass is 16.6. The van der Waals surface area contributed by atoms with Gasteiger partial charge < -0.3 is 10.1 Å². The van der Waals surface area contributed by atoms with Gasteiger partial charge in [-0.25, -0.2) is 4.79 Å². The van der Waals surface area contributed by atoms with Crippen LogP contribution >= 0.6 is 0 Å². The van der Waals surface area contributed by atoms with Gasteiger partial charge in [0.05, 0.1) is 4.92 Å². The minimum atomic E-state index is -0.457. The zero-order valence-electron chi connectivity index (χ0n) is 12.1. The fourth-order valence-electron chi connectivity index (χ4n) is 2.64. The lowest BCUT2D eigenvalue weighted by molar-refractivity contribution is -0.384. The van der Waals surface area contributed by atoms with Gasteiger partial charge in [-0.1, -0.05) is 19.8 Å². The van der Waals surface area contributed by atoms with Gasteiger partial charge in [-0.2, -0.15) is 0 Å². The van der Waals surface area contributed by atoms with Crippen LogP contribution in [0.1, 0.15) is 38.2 Å². The van der Waals surface area contributed by atoms with E-state index in [1.165, 1.54) is 18.6 Å². The van der Waals surface area contributed by atoms with Crippen molar-refractivity contribution in [1.82, 2.24) is 5.32 Å². The minimum absolute atomic E-state index is 0.0272. The number of nitrogens with one attached hydrogen (secondary N) is 1. The van der Waals surface area contributed by atoms with E-state index in [9.17, 15) is 14.9 Å². The maximum atomic E-state index is 11.7. The van der Waals surface area contributed by atoms with Crippen LogP contribution in [0.5, 0.6) is 0 Å². The number of non-ortho nitro benzene ring substituents is 1. The molecule has 6 heteroatoms. The average Bonchev–Trinajstić information content (AvgIpc) is 2.45. The molecule has 0 aliphatic heterocycles. The Morgan fingerprint density at radius 1 is 1.38 bits per heavy atom. The van der Waals surface area contributed by atoms with E-state index in [2.05, 4.69) is 12.2 Å². The highest BCUT2D eigenvalue weighted by Gasteiger charge is 2.20. The van der Waals surface area contributed by atoms with E-state index >= 15 is 0 Å². The van der Waals surface area contributed by atoms with Crippen LogP contribution in [-0.4, -0.2) is 17.1 Å². The molecule has 1 saturated carbocycles. The third-order valence-corrected chi connectivity index (χ3v) is 3.78. The third-order valence-electron chi connectivity index (χ3n) is 3.78. The lowest BCUT2D eigenvalue weighted by atomic mass is 9.87. The summed E-state index contributed by atoms with van der Waals surface area (Å²) in [5.41, 5.74) is 0.757. The van der Waals surface area contributed by atoms with Crippen molar-refractivity contribution in [3.63, 3.8) is 0 Å². The Hall–Kier alpha value is -2.11. The zero-order valence-corrected chi connectivity index (χ0v) is 12.1. The molecule has 1 N–H and O–H groups in total. The summed E-state index contributed by atoms with van der Waals surface area (Å²) in [5.74, 6) is 0.638. The number of amides is 1. The van der Waals surface area contributed by atoms with Crippen LogP contribution in [0.2, 0.25) is 0 Å². The Morgan fingerprint density at radius 2 is 2.10 bits per heavy atom. The summed E-state index contributed by atoms with van der Waals surface area (Å²) in [7, 11) is 0. The van der Waals surface area contributed by atoms with Gasteiger partial charge in [0, 0.05) is 18.2 Å². The minimum Gasteiger partial charge on any atom is -0.445 e. The molecule has 2 atom stereocenters. The molecule has 1 aliphatic rings. The number of nitro benzene ring substituents is 1. The van der Waals surface area contributed by atoms with Crippen LogP contribution in [0.4, 0.5) is 10.5 Å². The van der Waals surface area contributed by atoms with Crippen LogP contribution in [0.25, 0.3) is 0 Å². The lowest BCUT2D eigenvalue weighted by Gasteiger charge is -2.27. The number of hydrogen-bond acceptors (Lipinski definition) is 4. The summed E-state index contributed by atoms with van der Waals surface area (Å²) in [6.07, 6.45) is 3.92. The lowest BCUT2D eigenvalue weighted by Crippen LogP contribution is -2.38. The largest absolute Gasteiger partial charge is 0.445 e. The predicted molar refractivity (Wildman–Crippen MR) is 77.8 cm³/mol. The Labute approximate surface area is 123 Å². The smallest absolute Gasteiger partial charge is 0.407 e. The summed E-state index contributed by atoms with van der Waals surface area (Å²) in [6.45, 7) is 2.31.